The van der Waals surface area contributed by atoms with Gasteiger partial charge in [0.2, 0.25) is 0 Å². The van der Waals surface area contributed by atoms with Gasteiger partial charge in [0.25, 0.3) is 0 Å². The summed E-state index contributed by atoms with van der Waals surface area (Å²) in [4.78, 5) is 2.34. The van der Waals surface area contributed by atoms with Crippen LogP contribution < -0.4 is 5.73 Å². The van der Waals surface area contributed by atoms with Crippen LogP contribution in [0.25, 0.3) is 0 Å². The summed E-state index contributed by atoms with van der Waals surface area (Å²) in [5, 5.41) is 0. The molecule has 0 aliphatic rings. The number of nitrogen functional groups attached to an aromatic ring is 1. The van der Waals surface area contributed by atoms with E-state index >= 15 is 0 Å². The first-order chi connectivity index (χ1) is 7.52. The molecule has 0 fully saturated rings. The van der Waals surface area contributed by atoms with Gasteiger partial charge in [-0.15, -0.1) is 0 Å². The van der Waals surface area contributed by atoms with E-state index in [4.69, 9.17) is 5.73 Å². The van der Waals surface area contributed by atoms with Crippen LogP contribution in [0.15, 0.2) is 22.7 Å². The van der Waals surface area contributed by atoms with Crippen molar-refractivity contribution in [2.24, 2.45) is 5.92 Å². The minimum absolute atomic E-state index is 0.748. The van der Waals surface area contributed by atoms with Gasteiger partial charge in [0, 0.05) is 23.2 Å². The molecule has 0 saturated carbocycles. The summed E-state index contributed by atoms with van der Waals surface area (Å²) in [5.74, 6) is 0.748. The third kappa shape index (κ3) is 4.14. The number of nitrogens with two attached hydrogens (primary N) is 1. The Hall–Kier alpha value is -0.540. The van der Waals surface area contributed by atoms with Crippen LogP contribution in [0.2, 0.25) is 0 Å². The average molecular weight is 285 g/mol. The SMILES string of the molecule is CCC(C)CN(C)Cc1ccc(Br)c(N)c1. The van der Waals surface area contributed by atoms with Gasteiger partial charge in [-0.1, -0.05) is 26.3 Å². The van der Waals surface area contributed by atoms with Gasteiger partial charge in [-0.3, -0.25) is 0 Å². The van der Waals surface area contributed by atoms with Crippen LogP contribution in [0.1, 0.15) is 25.8 Å². The zero-order valence-corrected chi connectivity index (χ0v) is 11.9. The van der Waals surface area contributed by atoms with Crippen LogP contribution in [0.3, 0.4) is 0 Å². The second kappa shape index (κ2) is 6.26. The third-order valence-electron chi connectivity index (χ3n) is 2.83. The minimum atomic E-state index is 0.748. The summed E-state index contributed by atoms with van der Waals surface area (Å²) in [7, 11) is 2.16. The van der Waals surface area contributed by atoms with Crippen molar-refractivity contribution in [1.82, 2.24) is 4.90 Å². The monoisotopic (exact) mass is 284 g/mol. The quantitative estimate of drug-likeness (QED) is 0.839. The molecule has 1 aromatic carbocycles. The molecule has 1 rings (SSSR count). The van der Waals surface area contributed by atoms with Gasteiger partial charge in [-0.25, -0.2) is 0 Å². The predicted octanol–water partition coefficient (Wildman–Crippen LogP) is 3.51. The Morgan fingerprint density at radius 2 is 2.12 bits per heavy atom. The molecular weight excluding hydrogens is 264 g/mol. The molecule has 0 heterocycles. The average Bonchev–Trinajstić information content (AvgIpc) is 2.23. The molecule has 0 spiro atoms. The second-order valence-electron chi connectivity index (χ2n) is 4.57. The molecule has 0 bridgehead atoms. The predicted molar refractivity (Wildman–Crippen MR) is 74.3 cm³/mol. The fraction of sp³-hybridized carbons (Fsp3) is 0.538. The molecule has 1 atom stereocenters. The highest BCUT2D eigenvalue weighted by Gasteiger charge is 2.06. The van der Waals surface area contributed by atoms with Crippen LogP contribution >= 0.6 is 15.9 Å². The smallest absolute Gasteiger partial charge is 0.0461 e. The summed E-state index contributed by atoms with van der Waals surface area (Å²) < 4.78 is 0.973. The number of hydrogen-bond donors (Lipinski definition) is 1. The molecule has 16 heavy (non-hydrogen) atoms. The standard InChI is InChI=1S/C13H21BrN2/c1-4-10(2)8-16(3)9-11-5-6-12(14)13(15)7-11/h5-7,10H,4,8-9,15H2,1-3H3. The molecule has 3 heteroatoms. The topological polar surface area (TPSA) is 29.3 Å². The van der Waals surface area contributed by atoms with E-state index in [2.05, 4.69) is 47.8 Å². The molecule has 2 N–H and O–H groups in total. The summed E-state index contributed by atoms with van der Waals surface area (Å²) in [6.07, 6.45) is 1.23. The highest BCUT2D eigenvalue weighted by molar-refractivity contribution is 9.10. The highest BCUT2D eigenvalue weighted by atomic mass is 79.9. The summed E-state index contributed by atoms with van der Waals surface area (Å²) >= 11 is 3.41. The number of rotatable bonds is 5. The molecule has 0 aliphatic carbocycles. The lowest BCUT2D eigenvalue weighted by molar-refractivity contribution is 0.275. The largest absolute Gasteiger partial charge is 0.398 e. The zero-order chi connectivity index (χ0) is 12.1. The van der Waals surface area contributed by atoms with Crippen molar-refractivity contribution in [2.75, 3.05) is 19.3 Å². The van der Waals surface area contributed by atoms with Crippen LogP contribution in [0.5, 0.6) is 0 Å². The van der Waals surface area contributed by atoms with Gasteiger partial charge in [0.05, 0.1) is 0 Å². The lowest BCUT2D eigenvalue weighted by Crippen LogP contribution is -2.23. The van der Waals surface area contributed by atoms with E-state index in [0.717, 1.165) is 29.2 Å². The van der Waals surface area contributed by atoms with Crippen molar-refractivity contribution in [3.8, 4) is 0 Å². The van der Waals surface area contributed by atoms with Gasteiger partial charge in [0.1, 0.15) is 0 Å². The van der Waals surface area contributed by atoms with E-state index < -0.39 is 0 Å². The molecule has 0 saturated heterocycles. The maximum atomic E-state index is 5.86. The van der Waals surface area contributed by atoms with E-state index in [1.54, 1.807) is 0 Å². The fourth-order valence-electron chi connectivity index (χ4n) is 1.73. The normalized spacial score (nSPS) is 13.1. The first-order valence-electron chi connectivity index (χ1n) is 5.75. The lowest BCUT2D eigenvalue weighted by atomic mass is 10.1. The molecule has 0 amide bonds. The number of hydrogen-bond acceptors (Lipinski definition) is 2. The number of anilines is 1. The van der Waals surface area contributed by atoms with E-state index in [-0.39, 0.29) is 0 Å². The van der Waals surface area contributed by atoms with Gasteiger partial charge in [-0.2, -0.15) is 0 Å². The van der Waals surface area contributed by atoms with Gasteiger partial charge in [-0.05, 0) is 46.6 Å². The summed E-state index contributed by atoms with van der Waals surface area (Å²) in [6.45, 7) is 6.61. The molecule has 2 nitrogen and oxygen atoms in total. The lowest BCUT2D eigenvalue weighted by Gasteiger charge is -2.20. The van der Waals surface area contributed by atoms with Crippen molar-refractivity contribution >= 4 is 21.6 Å². The Bertz CT molecular complexity index is 339. The number of nitrogens with zero attached hydrogens (tertiary/aromatic N) is 1. The molecule has 0 radical (unpaired) electrons. The highest BCUT2D eigenvalue weighted by Crippen LogP contribution is 2.21. The maximum absolute atomic E-state index is 5.86. The minimum Gasteiger partial charge on any atom is -0.398 e. The van der Waals surface area contributed by atoms with E-state index in [1.807, 2.05) is 12.1 Å². The zero-order valence-electron chi connectivity index (χ0n) is 10.3. The van der Waals surface area contributed by atoms with Crippen molar-refractivity contribution < 1.29 is 0 Å². The van der Waals surface area contributed by atoms with Crippen molar-refractivity contribution in [3.05, 3.63) is 28.2 Å². The fourth-order valence-corrected chi connectivity index (χ4v) is 1.98. The Morgan fingerprint density at radius 3 is 2.69 bits per heavy atom. The maximum Gasteiger partial charge on any atom is 0.0461 e. The van der Waals surface area contributed by atoms with Gasteiger partial charge >= 0.3 is 0 Å². The Morgan fingerprint density at radius 1 is 1.44 bits per heavy atom. The van der Waals surface area contributed by atoms with Crippen molar-refractivity contribution in [3.63, 3.8) is 0 Å². The Kier molecular flexibility index (Phi) is 5.29. The van der Waals surface area contributed by atoms with Gasteiger partial charge in [0.15, 0.2) is 0 Å². The van der Waals surface area contributed by atoms with Crippen LogP contribution in [0.4, 0.5) is 5.69 Å². The first-order valence-corrected chi connectivity index (χ1v) is 6.54. The Labute approximate surface area is 107 Å². The van der Waals surface area contributed by atoms with Crippen molar-refractivity contribution in [1.29, 1.82) is 0 Å². The van der Waals surface area contributed by atoms with E-state index in [9.17, 15) is 0 Å². The summed E-state index contributed by atoms with van der Waals surface area (Å²) in [5.41, 5.74) is 7.94. The molecule has 0 aromatic heterocycles. The first kappa shape index (κ1) is 13.5. The molecular formula is C13H21BrN2. The molecule has 1 aromatic rings. The molecule has 90 valence electrons. The van der Waals surface area contributed by atoms with E-state index in [1.165, 1.54) is 12.0 Å². The summed E-state index contributed by atoms with van der Waals surface area (Å²) in [6, 6.07) is 6.17. The number of halogens is 1. The molecule has 0 aliphatic heterocycles. The van der Waals surface area contributed by atoms with Crippen molar-refractivity contribution in [2.45, 2.75) is 26.8 Å². The third-order valence-corrected chi connectivity index (χ3v) is 3.56. The van der Waals surface area contributed by atoms with Gasteiger partial charge < -0.3 is 10.6 Å². The number of benzene rings is 1. The van der Waals surface area contributed by atoms with Crippen LogP contribution in [-0.4, -0.2) is 18.5 Å². The Balaban J connectivity index is 2.56. The second-order valence-corrected chi connectivity index (χ2v) is 5.42. The molecule has 1 unspecified atom stereocenters. The van der Waals surface area contributed by atoms with Crippen LogP contribution in [0, 0.1) is 5.92 Å². The van der Waals surface area contributed by atoms with Crippen LogP contribution in [-0.2, 0) is 6.54 Å². The van der Waals surface area contributed by atoms with E-state index in [0.29, 0.717) is 0 Å².